The van der Waals surface area contributed by atoms with Crippen LogP contribution in [-0.4, -0.2) is 25.2 Å². The molecule has 0 amide bonds. The molecule has 4 heteroatoms. The van der Waals surface area contributed by atoms with E-state index in [4.69, 9.17) is 4.74 Å². The van der Waals surface area contributed by atoms with Crippen LogP contribution in [0.4, 0.5) is 0 Å². The Hall–Kier alpha value is -1.58. The maximum atomic E-state index is 11.3. The predicted molar refractivity (Wildman–Crippen MR) is 51.2 cm³/mol. The topological polar surface area (TPSA) is 48.4 Å². The first kappa shape index (κ1) is 10.5. The Bertz CT molecular complexity index is 325. The van der Waals surface area contributed by atoms with Gasteiger partial charge in [-0.3, -0.25) is 9.78 Å². The summed E-state index contributed by atoms with van der Waals surface area (Å²) in [7, 11) is 2.92. The van der Waals surface area contributed by atoms with Crippen LogP contribution in [0.3, 0.4) is 0 Å². The number of nitrogens with zero attached hydrogens (tertiary/aromatic N) is 1. The van der Waals surface area contributed by atoms with Crippen molar-refractivity contribution in [3.63, 3.8) is 0 Å². The van der Waals surface area contributed by atoms with E-state index >= 15 is 0 Å². The summed E-state index contributed by atoms with van der Waals surface area (Å²) in [4.78, 5) is 15.2. The molecule has 0 aromatic carbocycles. The maximum absolute atomic E-state index is 11.3. The molecule has 1 heterocycles. The van der Waals surface area contributed by atoms with Gasteiger partial charge in [-0.1, -0.05) is 0 Å². The summed E-state index contributed by atoms with van der Waals surface area (Å²) >= 11 is 0. The summed E-state index contributed by atoms with van der Waals surface area (Å²) < 4.78 is 9.76. The average molecular weight is 195 g/mol. The molecular formula is C10H13NO3. The first-order valence-corrected chi connectivity index (χ1v) is 4.26. The minimum Gasteiger partial charge on any atom is -0.496 e. The van der Waals surface area contributed by atoms with Gasteiger partial charge in [-0.25, -0.2) is 0 Å². The molecule has 0 aliphatic carbocycles. The van der Waals surface area contributed by atoms with E-state index in [1.807, 2.05) is 0 Å². The van der Waals surface area contributed by atoms with Crippen molar-refractivity contribution >= 4 is 5.97 Å². The van der Waals surface area contributed by atoms with Gasteiger partial charge < -0.3 is 9.47 Å². The van der Waals surface area contributed by atoms with Crippen molar-refractivity contribution in [1.29, 1.82) is 0 Å². The molecule has 76 valence electrons. The Balaban J connectivity index is 2.99. The number of esters is 1. The van der Waals surface area contributed by atoms with Crippen molar-refractivity contribution < 1.29 is 14.3 Å². The molecule has 0 aliphatic rings. The van der Waals surface area contributed by atoms with Crippen LogP contribution in [0.1, 0.15) is 18.4 Å². The second-order valence-corrected chi connectivity index (χ2v) is 2.86. The van der Waals surface area contributed by atoms with Gasteiger partial charge in [-0.05, 0) is 13.0 Å². The van der Waals surface area contributed by atoms with E-state index in [1.165, 1.54) is 7.11 Å². The summed E-state index contributed by atoms with van der Waals surface area (Å²) in [6.07, 6.45) is 3.23. The Morgan fingerprint density at radius 3 is 2.79 bits per heavy atom. The zero-order valence-corrected chi connectivity index (χ0v) is 8.48. The van der Waals surface area contributed by atoms with Crippen molar-refractivity contribution in [3.8, 4) is 5.75 Å². The summed E-state index contributed by atoms with van der Waals surface area (Å²) in [6.45, 7) is 1.76. The van der Waals surface area contributed by atoms with E-state index in [2.05, 4.69) is 9.72 Å². The van der Waals surface area contributed by atoms with Crippen LogP contribution in [0.15, 0.2) is 18.5 Å². The smallest absolute Gasteiger partial charge is 0.313 e. The molecule has 1 aromatic rings. The molecule has 0 saturated carbocycles. The molecule has 0 aliphatic heterocycles. The zero-order valence-electron chi connectivity index (χ0n) is 8.48. The second-order valence-electron chi connectivity index (χ2n) is 2.86. The van der Waals surface area contributed by atoms with Crippen molar-refractivity contribution in [1.82, 2.24) is 4.98 Å². The quantitative estimate of drug-likeness (QED) is 0.683. The zero-order chi connectivity index (χ0) is 10.6. The first-order valence-electron chi connectivity index (χ1n) is 4.26. The fourth-order valence-corrected chi connectivity index (χ4v) is 1.21. The highest BCUT2D eigenvalue weighted by molar-refractivity contribution is 5.78. The minimum atomic E-state index is -0.358. The van der Waals surface area contributed by atoms with Gasteiger partial charge in [0, 0.05) is 18.0 Å². The van der Waals surface area contributed by atoms with Crippen molar-refractivity contribution in [3.05, 3.63) is 24.0 Å². The third-order valence-electron chi connectivity index (χ3n) is 2.05. The van der Waals surface area contributed by atoms with E-state index in [0.717, 1.165) is 5.56 Å². The molecule has 0 spiro atoms. The molecule has 0 N–H and O–H groups in total. The van der Waals surface area contributed by atoms with Gasteiger partial charge in [0.25, 0.3) is 0 Å². The van der Waals surface area contributed by atoms with Gasteiger partial charge in [-0.2, -0.15) is 0 Å². The van der Waals surface area contributed by atoms with Gasteiger partial charge in [0.15, 0.2) is 0 Å². The van der Waals surface area contributed by atoms with Crippen LogP contribution < -0.4 is 4.74 Å². The van der Waals surface area contributed by atoms with Gasteiger partial charge in [0.2, 0.25) is 0 Å². The summed E-state index contributed by atoms with van der Waals surface area (Å²) in [6, 6.07) is 1.72. The number of carbonyl (C=O) groups excluding carboxylic acids is 1. The van der Waals surface area contributed by atoms with Gasteiger partial charge >= 0.3 is 5.97 Å². The van der Waals surface area contributed by atoms with Gasteiger partial charge in [0.05, 0.1) is 20.1 Å². The molecule has 1 aromatic heterocycles. The van der Waals surface area contributed by atoms with E-state index in [9.17, 15) is 4.79 Å². The third-order valence-corrected chi connectivity index (χ3v) is 2.05. The largest absolute Gasteiger partial charge is 0.496 e. The van der Waals surface area contributed by atoms with Crippen LogP contribution in [-0.2, 0) is 9.53 Å². The third kappa shape index (κ3) is 2.02. The van der Waals surface area contributed by atoms with Gasteiger partial charge in [0.1, 0.15) is 5.75 Å². The number of methoxy groups -OCH3 is 2. The standard InChI is InChI=1S/C10H13NO3/c1-7(10(12)14-3)8-6-11-5-4-9(8)13-2/h4-7H,1-3H3. The highest BCUT2D eigenvalue weighted by Crippen LogP contribution is 2.25. The van der Waals surface area contributed by atoms with E-state index in [-0.39, 0.29) is 11.9 Å². The van der Waals surface area contributed by atoms with Gasteiger partial charge in [-0.15, -0.1) is 0 Å². The fourth-order valence-electron chi connectivity index (χ4n) is 1.21. The highest BCUT2D eigenvalue weighted by atomic mass is 16.5. The Morgan fingerprint density at radius 2 is 2.21 bits per heavy atom. The molecule has 1 atom stereocenters. The van der Waals surface area contributed by atoms with Crippen LogP contribution in [0, 0.1) is 0 Å². The second kappa shape index (κ2) is 4.60. The van der Waals surface area contributed by atoms with Crippen molar-refractivity contribution in [2.75, 3.05) is 14.2 Å². The number of aromatic nitrogens is 1. The number of hydrogen-bond donors (Lipinski definition) is 0. The molecular weight excluding hydrogens is 182 g/mol. The molecule has 0 radical (unpaired) electrons. The Morgan fingerprint density at radius 1 is 1.50 bits per heavy atom. The normalized spacial score (nSPS) is 11.9. The predicted octanol–water partition coefficient (Wildman–Crippen LogP) is 1.37. The summed E-state index contributed by atoms with van der Waals surface area (Å²) in [5, 5.41) is 0. The molecule has 1 unspecified atom stereocenters. The summed E-state index contributed by atoms with van der Waals surface area (Å²) in [5.74, 6) is -0.00199. The number of rotatable bonds is 3. The number of pyridine rings is 1. The summed E-state index contributed by atoms with van der Waals surface area (Å²) in [5.41, 5.74) is 0.738. The van der Waals surface area contributed by atoms with E-state index in [1.54, 1.807) is 32.5 Å². The molecule has 0 bridgehead atoms. The lowest BCUT2D eigenvalue weighted by Crippen LogP contribution is -2.12. The molecule has 1 rings (SSSR count). The Kier molecular flexibility index (Phi) is 3.45. The van der Waals surface area contributed by atoms with Crippen LogP contribution in [0.25, 0.3) is 0 Å². The SMILES string of the molecule is COC(=O)C(C)c1cnccc1OC. The first-order chi connectivity index (χ1) is 6.70. The lowest BCUT2D eigenvalue weighted by Gasteiger charge is -2.12. The highest BCUT2D eigenvalue weighted by Gasteiger charge is 2.19. The lowest BCUT2D eigenvalue weighted by atomic mass is 10.0. The van der Waals surface area contributed by atoms with Crippen molar-refractivity contribution in [2.45, 2.75) is 12.8 Å². The van der Waals surface area contributed by atoms with Crippen LogP contribution in [0.2, 0.25) is 0 Å². The number of ether oxygens (including phenoxy) is 2. The monoisotopic (exact) mass is 195 g/mol. The molecule has 0 fully saturated rings. The number of carbonyl (C=O) groups is 1. The molecule has 0 saturated heterocycles. The van der Waals surface area contributed by atoms with Crippen molar-refractivity contribution in [2.24, 2.45) is 0 Å². The maximum Gasteiger partial charge on any atom is 0.313 e. The Labute approximate surface area is 82.9 Å². The van der Waals surface area contributed by atoms with E-state index < -0.39 is 0 Å². The lowest BCUT2D eigenvalue weighted by molar-refractivity contribution is -0.142. The average Bonchev–Trinajstić information content (AvgIpc) is 2.26. The van der Waals surface area contributed by atoms with E-state index in [0.29, 0.717) is 5.75 Å². The number of hydrogen-bond acceptors (Lipinski definition) is 4. The van der Waals surface area contributed by atoms with Crippen LogP contribution in [0.5, 0.6) is 5.75 Å². The fraction of sp³-hybridized carbons (Fsp3) is 0.400. The molecule has 14 heavy (non-hydrogen) atoms. The minimum absolute atomic E-state index is 0.295. The van der Waals surface area contributed by atoms with Crippen LogP contribution >= 0.6 is 0 Å². The molecule has 4 nitrogen and oxygen atoms in total.